The van der Waals surface area contributed by atoms with Crippen LogP contribution in [0.5, 0.6) is 5.75 Å². The van der Waals surface area contributed by atoms with E-state index in [1.54, 1.807) is 18.4 Å². The largest absolute Gasteiger partial charge is 0.496 e. The second-order valence-corrected chi connectivity index (χ2v) is 4.82. The van der Waals surface area contributed by atoms with Crippen molar-refractivity contribution in [3.63, 3.8) is 0 Å². The molecule has 1 saturated carbocycles. The Morgan fingerprint density at radius 1 is 1.64 bits per heavy atom. The molecule has 0 amide bonds. The van der Waals surface area contributed by atoms with Gasteiger partial charge in [0.15, 0.2) is 0 Å². The zero-order valence-corrected chi connectivity index (χ0v) is 9.56. The van der Waals surface area contributed by atoms with Gasteiger partial charge in [-0.25, -0.2) is 0 Å². The number of hydrogen-bond acceptors (Lipinski definition) is 3. The van der Waals surface area contributed by atoms with E-state index >= 15 is 0 Å². The van der Waals surface area contributed by atoms with E-state index < -0.39 is 0 Å². The molecule has 3 heteroatoms. The molecule has 1 unspecified atom stereocenters. The molecule has 0 aromatic carbocycles. The number of nitrogens with one attached hydrogen (secondary N) is 1. The topological polar surface area (TPSA) is 21.3 Å². The molecule has 0 aliphatic heterocycles. The summed E-state index contributed by atoms with van der Waals surface area (Å²) >= 11 is 1.79. The third-order valence-corrected chi connectivity index (χ3v) is 3.82. The van der Waals surface area contributed by atoms with Crippen molar-refractivity contribution in [2.75, 3.05) is 14.2 Å². The Morgan fingerprint density at radius 2 is 2.43 bits per heavy atom. The summed E-state index contributed by atoms with van der Waals surface area (Å²) in [5.74, 6) is 1.98. The molecular weight excluding hydrogens is 194 g/mol. The molecule has 0 bridgehead atoms. The Labute approximate surface area is 89.3 Å². The smallest absolute Gasteiger partial charge is 0.134 e. The van der Waals surface area contributed by atoms with Crippen molar-refractivity contribution >= 4 is 11.3 Å². The van der Waals surface area contributed by atoms with E-state index in [1.807, 2.05) is 7.05 Å². The van der Waals surface area contributed by atoms with Crippen molar-refractivity contribution in [2.24, 2.45) is 5.92 Å². The molecule has 14 heavy (non-hydrogen) atoms. The van der Waals surface area contributed by atoms with Crippen molar-refractivity contribution in [1.29, 1.82) is 0 Å². The van der Waals surface area contributed by atoms with Gasteiger partial charge in [-0.1, -0.05) is 12.8 Å². The van der Waals surface area contributed by atoms with Crippen LogP contribution in [-0.2, 0) is 0 Å². The highest BCUT2D eigenvalue weighted by Crippen LogP contribution is 2.41. The summed E-state index contributed by atoms with van der Waals surface area (Å²) in [6, 6.07) is 2.54. The highest BCUT2D eigenvalue weighted by atomic mass is 32.1. The third-order valence-electron chi connectivity index (χ3n) is 2.81. The minimum atomic E-state index is 0.484. The van der Waals surface area contributed by atoms with Gasteiger partial charge in [-0.3, -0.25) is 0 Å². The molecule has 1 aliphatic carbocycles. The molecule has 1 heterocycles. The normalized spacial score (nSPS) is 18.1. The van der Waals surface area contributed by atoms with E-state index in [4.69, 9.17) is 4.74 Å². The van der Waals surface area contributed by atoms with Crippen molar-refractivity contribution in [3.05, 3.63) is 16.3 Å². The molecule has 0 saturated heterocycles. The van der Waals surface area contributed by atoms with Crippen molar-refractivity contribution < 1.29 is 4.74 Å². The van der Waals surface area contributed by atoms with Crippen LogP contribution >= 0.6 is 11.3 Å². The molecule has 1 aromatic heterocycles. The molecule has 78 valence electrons. The first-order chi connectivity index (χ1) is 6.85. The van der Waals surface area contributed by atoms with Gasteiger partial charge >= 0.3 is 0 Å². The van der Waals surface area contributed by atoms with E-state index in [9.17, 15) is 0 Å². The maximum atomic E-state index is 5.34. The minimum absolute atomic E-state index is 0.484. The van der Waals surface area contributed by atoms with Crippen LogP contribution in [0.2, 0.25) is 0 Å². The minimum Gasteiger partial charge on any atom is -0.496 e. The van der Waals surface area contributed by atoms with Crippen LogP contribution in [0.4, 0.5) is 0 Å². The SMILES string of the molecule is CNC(CC1CC1)c1sccc1OC. The predicted molar refractivity (Wildman–Crippen MR) is 60.0 cm³/mol. The monoisotopic (exact) mass is 211 g/mol. The first kappa shape index (κ1) is 9.99. The summed E-state index contributed by atoms with van der Waals surface area (Å²) in [6.45, 7) is 0. The maximum Gasteiger partial charge on any atom is 0.134 e. The van der Waals surface area contributed by atoms with E-state index in [0.29, 0.717) is 6.04 Å². The molecule has 2 rings (SSSR count). The Hall–Kier alpha value is -0.540. The van der Waals surface area contributed by atoms with Crippen molar-refractivity contribution in [2.45, 2.75) is 25.3 Å². The summed E-state index contributed by atoms with van der Waals surface area (Å²) < 4.78 is 5.34. The molecule has 1 N–H and O–H groups in total. The van der Waals surface area contributed by atoms with Gasteiger partial charge in [0.2, 0.25) is 0 Å². The third kappa shape index (κ3) is 2.10. The Kier molecular flexibility index (Phi) is 3.08. The van der Waals surface area contributed by atoms with Gasteiger partial charge in [0.05, 0.1) is 12.0 Å². The summed E-state index contributed by atoms with van der Waals surface area (Å²) in [5.41, 5.74) is 0. The lowest BCUT2D eigenvalue weighted by Gasteiger charge is -2.15. The number of ether oxygens (including phenoxy) is 1. The van der Waals surface area contributed by atoms with Gasteiger partial charge < -0.3 is 10.1 Å². The van der Waals surface area contributed by atoms with Crippen LogP contribution < -0.4 is 10.1 Å². The van der Waals surface area contributed by atoms with Gasteiger partial charge in [0.1, 0.15) is 5.75 Å². The molecular formula is C11H17NOS. The zero-order valence-electron chi connectivity index (χ0n) is 8.75. The molecule has 2 nitrogen and oxygen atoms in total. The average molecular weight is 211 g/mol. The van der Waals surface area contributed by atoms with Crippen molar-refractivity contribution in [3.8, 4) is 5.75 Å². The number of methoxy groups -OCH3 is 1. The standard InChI is InChI=1S/C11H17NOS/c1-12-9(7-8-3-4-8)11-10(13-2)5-6-14-11/h5-6,8-9,12H,3-4,7H2,1-2H3. The van der Waals surface area contributed by atoms with E-state index in [-0.39, 0.29) is 0 Å². The van der Waals surface area contributed by atoms with E-state index in [0.717, 1.165) is 11.7 Å². The maximum absolute atomic E-state index is 5.34. The van der Waals surface area contributed by atoms with Crippen LogP contribution in [0.1, 0.15) is 30.2 Å². The lowest BCUT2D eigenvalue weighted by atomic mass is 10.1. The van der Waals surface area contributed by atoms with Crippen LogP contribution in [0.15, 0.2) is 11.4 Å². The first-order valence-electron chi connectivity index (χ1n) is 5.13. The van der Waals surface area contributed by atoms with E-state index in [2.05, 4.69) is 16.8 Å². The van der Waals surface area contributed by atoms with E-state index in [1.165, 1.54) is 24.1 Å². The molecule has 0 radical (unpaired) electrons. The second-order valence-electron chi connectivity index (χ2n) is 3.87. The lowest BCUT2D eigenvalue weighted by molar-refractivity contribution is 0.401. The highest BCUT2D eigenvalue weighted by Gasteiger charge is 2.27. The van der Waals surface area contributed by atoms with Crippen LogP contribution in [-0.4, -0.2) is 14.2 Å². The fourth-order valence-corrected chi connectivity index (χ4v) is 2.76. The quantitative estimate of drug-likeness (QED) is 0.808. The summed E-state index contributed by atoms with van der Waals surface area (Å²) in [4.78, 5) is 1.35. The number of thiophene rings is 1. The van der Waals surface area contributed by atoms with Gasteiger partial charge in [-0.05, 0) is 30.8 Å². The average Bonchev–Trinajstić information content (AvgIpc) is 2.90. The fraction of sp³-hybridized carbons (Fsp3) is 0.636. The first-order valence-corrected chi connectivity index (χ1v) is 6.01. The molecule has 1 aromatic rings. The number of rotatable bonds is 5. The lowest BCUT2D eigenvalue weighted by Crippen LogP contribution is -2.16. The Balaban J connectivity index is 2.08. The van der Waals surface area contributed by atoms with Gasteiger partial charge in [0.25, 0.3) is 0 Å². The van der Waals surface area contributed by atoms with Crippen LogP contribution in [0.3, 0.4) is 0 Å². The molecule has 1 atom stereocenters. The van der Waals surface area contributed by atoms with Gasteiger partial charge in [-0.2, -0.15) is 0 Å². The number of hydrogen-bond donors (Lipinski definition) is 1. The van der Waals surface area contributed by atoms with Crippen LogP contribution in [0.25, 0.3) is 0 Å². The molecule has 1 aliphatic rings. The summed E-state index contributed by atoms with van der Waals surface area (Å²) in [7, 11) is 3.78. The highest BCUT2D eigenvalue weighted by molar-refractivity contribution is 7.10. The van der Waals surface area contributed by atoms with Gasteiger partial charge in [0, 0.05) is 6.04 Å². The second kappa shape index (κ2) is 4.32. The Bertz CT molecular complexity index is 293. The summed E-state index contributed by atoms with van der Waals surface area (Å²) in [6.07, 6.45) is 4.07. The zero-order chi connectivity index (χ0) is 9.97. The molecule has 1 fully saturated rings. The van der Waals surface area contributed by atoms with Gasteiger partial charge in [-0.15, -0.1) is 11.3 Å². The predicted octanol–water partition coefficient (Wildman–Crippen LogP) is 2.82. The summed E-state index contributed by atoms with van der Waals surface area (Å²) in [5, 5.41) is 5.48. The molecule has 0 spiro atoms. The fourth-order valence-electron chi connectivity index (χ4n) is 1.77. The van der Waals surface area contributed by atoms with Crippen molar-refractivity contribution in [1.82, 2.24) is 5.32 Å². The Morgan fingerprint density at radius 3 is 3.00 bits per heavy atom. The van der Waals surface area contributed by atoms with Crippen LogP contribution in [0, 0.1) is 5.92 Å².